The van der Waals surface area contributed by atoms with Crippen LogP contribution in [0.5, 0.6) is 0 Å². The smallest absolute Gasteiger partial charge is 0.248 e. The van der Waals surface area contributed by atoms with Crippen LogP contribution in [0.3, 0.4) is 0 Å². The fourth-order valence-corrected chi connectivity index (χ4v) is 2.63. The summed E-state index contributed by atoms with van der Waals surface area (Å²) in [5, 5.41) is 3.35. The highest BCUT2D eigenvalue weighted by Gasteiger charge is 2.30. The number of ether oxygens (including phenoxy) is 1. The summed E-state index contributed by atoms with van der Waals surface area (Å²) >= 11 is 0. The summed E-state index contributed by atoms with van der Waals surface area (Å²) in [6.07, 6.45) is 2.76. The van der Waals surface area contributed by atoms with E-state index in [4.69, 9.17) is 4.74 Å². The predicted molar refractivity (Wildman–Crippen MR) is 70.4 cm³/mol. The minimum absolute atomic E-state index is 0.106. The lowest BCUT2D eigenvalue weighted by Gasteiger charge is -2.32. The Morgan fingerprint density at radius 3 is 2.89 bits per heavy atom. The molecule has 0 aromatic carbocycles. The second kappa shape index (κ2) is 6.87. The molecule has 2 saturated heterocycles. The van der Waals surface area contributed by atoms with Gasteiger partial charge in [-0.1, -0.05) is 6.08 Å². The number of likely N-dealkylation sites (tertiary alicyclic amines) is 1. The molecule has 0 aliphatic carbocycles. The van der Waals surface area contributed by atoms with Gasteiger partial charge in [-0.3, -0.25) is 9.69 Å². The van der Waals surface area contributed by atoms with Gasteiger partial charge in [0, 0.05) is 45.3 Å². The quantitative estimate of drug-likeness (QED) is 0.539. The second-order valence-electron chi connectivity index (χ2n) is 4.87. The number of piperazine rings is 1. The van der Waals surface area contributed by atoms with Gasteiger partial charge in [-0.05, 0) is 6.42 Å². The molecule has 0 aromatic heterocycles. The van der Waals surface area contributed by atoms with E-state index < -0.39 is 0 Å². The lowest BCUT2D eigenvalue weighted by atomic mass is 10.2. The van der Waals surface area contributed by atoms with Crippen molar-refractivity contribution >= 4 is 5.91 Å². The first kappa shape index (κ1) is 13.5. The number of carbonyl (C=O) groups is 1. The Labute approximate surface area is 109 Å². The van der Waals surface area contributed by atoms with Gasteiger partial charge < -0.3 is 15.0 Å². The Morgan fingerprint density at radius 2 is 2.17 bits per heavy atom. The van der Waals surface area contributed by atoms with Crippen molar-refractivity contribution in [3.05, 3.63) is 12.7 Å². The van der Waals surface area contributed by atoms with Crippen molar-refractivity contribution < 1.29 is 9.53 Å². The van der Waals surface area contributed by atoms with Crippen molar-refractivity contribution in [1.29, 1.82) is 0 Å². The maximum absolute atomic E-state index is 11.9. The van der Waals surface area contributed by atoms with E-state index >= 15 is 0 Å². The molecule has 2 fully saturated rings. The fraction of sp³-hybridized carbons (Fsp3) is 0.769. The highest BCUT2D eigenvalue weighted by atomic mass is 16.5. The Morgan fingerprint density at radius 1 is 1.39 bits per heavy atom. The standard InChI is InChI=1S/C13H23N3O2/c1-2-9-18-11-13(17)16-6-3-12(10-16)15-7-4-14-5-8-15/h2,12,14H,1,3-11H2. The minimum Gasteiger partial charge on any atom is -0.368 e. The molecule has 5 nitrogen and oxygen atoms in total. The molecule has 102 valence electrons. The first-order valence-corrected chi connectivity index (χ1v) is 6.72. The van der Waals surface area contributed by atoms with Crippen molar-refractivity contribution in [2.75, 3.05) is 52.5 Å². The summed E-state index contributed by atoms with van der Waals surface area (Å²) in [6.45, 7) is 10.2. The van der Waals surface area contributed by atoms with Crippen LogP contribution >= 0.6 is 0 Å². The number of hydrogen-bond donors (Lipinski definition) is 1. The summed E-state index contributed by atoms with van der Waals surface area (Å²) in [7, 11) is 0. The van der Waals surface area contributed by atoms with E-state index in [0.717, 1.165) is 45.7 Å². The number of nitrogens with one attached hydrogen (secondary N) is 1. The Balaban J connectivity index is 1.73. The zero-order valence-corrected chi connectivity index (χ0v) is 10.9. The molecule has 2 rings (SSSR count). The zero-order chi connectivity index (χ0) is 12.8. The third-order valence-electron chi connectivity index (χ3n) is 3.65. The van der Waals surface area contributed by atoms with Crippen LogP contribution in [-0.2, 0) is 9.53 Å². The number of nitrogens with zero attached hydrogens (tertiary/aromatic N) is 2. The molecule has 2 aliphatic heterocycles. The minimum atomic E-state index is 0.106. The van der Waals surface area contributed by atoms with Crippen LogP contribution in [-0.4, -0.2) is 74.2 Å². The summed E-state index contributed by atoms with van der Waals surface area (Å²) in [5.74, 6) is 0.106. The van der Waals surface area contributed by atoms with Gasteiger partial charge in [-0.2, -0.15) is 0 Å². The average molecular weight is 253 g/mol. The molecule has 1 amide bonds. The topological polar surface area (TPSA) is 44.8 Å². The molecule has 0 saturated carbocycles. The number of amides is 1. The monoisotopic (exact) mass is 253 g/mol. The molecule has 1 atom stereocenters. The van der Waals surface area contributed by atoms with Crippen molar-refractivity contribution in [2.45, 2.75) is 12.5 Å². The Bertz CT molecular complexity index is 290. The molecule has 0 radical (unpaired) electrons. The van der Waals surface area contributed by atoms with Gasteiger partial charge in [0.1, 0.15) is 6.61 Å². The molecule has 0 bridgehead atoms. The summed E-state index contributed by atoms with van der Waals surface area (Å²) < 4.78 is 5.20. The molecule has 2 heterocycles. The van der Waals surface area contributed by atoms with E-state index in [-0.39, 0.29) is 12.5 Å². The van der Waals surface area contributed by atoms with Gasteiger partial charge in [0.15, 0.2) is 0 Å². The van der Waals surface area contributed by atoms with Crippen LogP contribution in [0.2, 0.25) is 0 Å². The van der Waals surface area contributed by atoms with Crippen molar-refractivity contribution in [3.63, 3.8) is 0 Å². The van der Waals surface area contributed by atoms with Crippen LogP contribution in [0, 0.1) is 0 Å². The van der Waals surface area contributed by atoms with Crippen molar-refractivity contribution in [3.8, 4) is 0 Å². The number of hydrogen-bond acceptors (Lipinski definition) is 4. The maximum atomic E-state index is 11.9. The third kappa shape index (κ3) is 3.54. The molecule has 1 N–H and O–H groups in total. The first-order valence-electron chi connectivity index (χ1n) is 6.72. The molecular formula is C13H23N3O2. The van der Waals surface area contributed by atoms with E-state index in [2.05, 4.69) is 16.8 Å². The molecule has 5 heteroatoms. The van der Waals surface area contributed by atoms with E-state index in [1.54, 1.807) is 6.08 Å². The van der Waals surface area contributed by atoms with Crippen LogP contribution in [0.4, 0.5) is 0 Å². The van der Waals surface area contributed by atoms with Crippen molar-refractivity contribution in [1.82, 2.24) is 15.1 Å². The summed E-state index contributed by atoms with van der Waals surface area (Å²) in [4.78, 5) is 16.3. The van der Waals surface area contributed by atoms with Crippen LogP contribution < -0.4 is 5.32 Å². The third-order valence-corrected chi connectivity index (χ3v) is 3.65. The summed E-state index contributed by atoms with van der Waals surface area (Å²) in [5.41, 5.74) is 0. The number of rotatable bonds is 5. The van der Waals surface area contributed by atoms with Crippen LogP contribution in [0.1, 0.15) is 6.42 Å². The Hall–Kier alpha value is -0.910. The van der Waals surface area contributed by atoms with E-state index in [0.29, 0.717) is 12.6 Å². The lowest BCUT2D eigenvalue weighted by Crippen LogP contribution is -2.49. The highest BCUT2D eigenvalue weighted by Crippen LogP contribution is 2.16. The molecular weight excluding hydrogens is 230 g/mol. The van der Waals surface area contributed by atoms with Gasteiger partial charge >= 0.3 is 0 Å². The second-order valence-corrected chi connectivity index (χ2v) is 4.87. The Kier molecular flexibility index (Phi) is 5.16. The molecule has 2 aliphatic rings. The predicted octanol–water partition coefficient (Wildman–Crippen LogP) is -0.305. The number of carbonyl (C=O) groups excluding carboxylic acids is 1. The van der Waals surface area contributed by atoms with Gasteiger partial charge in [-0.15, -0.1) is 6.58 Å². The van der Waals surface area contributed by atoms with Crippen LogP contribution in [0.15, 0.2) is 12.7 Å². The maximum Gasteiger partial charge on any atom is 0.248 e. The van der Waals surface area contributed by atoms with E-state index in [9.17, 15) is 4.79 Å². The first-order chi connectivity index (χ1) is 8.81. The molecule has 18 heavy (non-hydrogen) atoms. The fourth-order valence-electron chi connectivity index (χ4n) is 2.63. The van der Waals surface area contributed by atoms with Gasteiger partial charge in [-0.25, -0.2) is 0 Å². The molecule has 0 spiro atoms. The lowest BCUT2D eigenvalue weighted by molar-refractivity contribution is -0.134. The van der Waals surface area contributed by atoms with Gasteiger partial charge in [0.05, 0.1) is 6.61 Å². The van der Waals surface area contributed by atoms with E-state index in [1.807, 2.05) is 4.90 Å². The zero-order valence-electron chi connectivity index (χ0n) is 10.9. The van der Waals surface area contributed by atoms with Gasteiger partial charge in [0.2, 0.25) is 5.91 Å². The average Bonchev–Trinajstić information content (AvgIpc) is 2.89. The van der Waals surface area contributed by atoms with Gasteiger partial charge in [0.25, 0.3) is 0 Å². The summed E-state index contributed by atoms with van der Waals surface area (Å²) in [6, 6.07) is 0.537. The van der Waals surface area contributed by atoms with Crippen molar-refractivity contribution in [2.24, 2.45) is 0 Å². The highest BCUT2D eigenvalue weighted by molar-refractivity contribution is 5.77. The SMILES string of the molecule is C=CCOCC(=O)N1CCC(N2CCNCC2)C1. The molecule has 1 unspecified atom stereocenters. The van der Waals surface area contributed by atoms with E-state index in [1.165, 1.54) is 0 Å². The van der Waals surface area contributed by atoms with Crippen LogP contribution in [0.25, 0.3) is 0 Å². The largest absolute Gasteiger partial charge is 0.368 e. The normalized spacial score (nSPS) is 25.3. The molecule has 0 aromatic rings.